The van der Waals surface area contributed by atoms with Gasteiger partial charge >= 0.3 is 0 Å². The van der Waals surface area contributed by atoms with E-state index >= 15 is 0 Å². The van der Waals surface area contributed by atoms with E-state index in [0.29, 0.717) is 18.8 Å². The Kier molecular flexibility index (Phi) is 7.26. The molecule has 0 radical (unpaired) electrons. The van der Waals surface area contributed by atoms with E-state index in [4.69, 9.17) is 11.1 Å². The Hall–Kier alpha value is -2.95. The number of benzene rings is 1. The zero-order chi connectivity index (χ0) is 22.5. The predicted octanol–water partition coefficient (Wildman–Crippen LogP) is 3.27. The molecule has 0 spiro atoms. The molecule has 3 rings (SSSR count). The summed E-state index contributed by atoms with van der Waals surface area (Å²) in [5, 5.41) is 10.2. The summed E-state index contributed by atoms with van der Waals surface area (Å²) in [7, 11) is 1.51. The number of carbonyl (C=O) groups excluding carboxylic acids is 1. The third-order valence-corrected chi connectivity index (χ3v) is 5.85. The van der Waals surface area contributed by atoms with Gasteiger partial charge in [-0.05, 0) is 31.4 Å². The van der Waals surface area contributed by atoms with Crippen molar-refractivity contribution in [3.63, 3.8) is 0 Å². The van der Waals surface area contributed by atoms with Crippen LogP contribution in [-0.4, -0.2) is 60.2 Å². The van der Waals surface area contributed by atoms with Gasteiger partial charge in [-0.1, -0.05) is 17.4 Å². The molecule has 1 aliphatic heterocycles. The fourth-order valence-electron chi connectivity index (χ4n) is 3.47. The Balaban J connectivity index is 1.82. The minimum atomic E-state index is -1.02. The number of nitrogens with two attached hydrogens (primary N) is 1. The first-order chi connectivity index (χ1) is 14.8. The topological polar surface area (TPSA) is 107 Å². The molecule has 31 heavy (non-hydrogen) atoms. The van der Waals surface area contributed by atoms with Gasteiger partial charge in [0.2, 0.25) is 0 Å². The molecule has 1 amide bonds. The van der Waals surface area contributed by atoms with Gasteiger partial charge in [0.25, 0.3) is 5.91 Å². The van der Waals surface area contributed by atoms with Gasteiger partial charge in [-0.3, -0.25) is 9.79 Å². The number of thiazole rings is 1. The number of alkyl halides is 1. The highest BCUT2D eigenvalue weighted by Gasteiger charge is 2.28. The van der Waals surface area contributed by atoms with Gasteiger partial charge in [0, 0.05) is 19.8 Å². The molecule has 11 heteroatoms. The van der Waals surface area contributed by atoms with Crippen molar-refractivity contribution in [2.45, 2.75) is 31.5 Å². The number of likely N-dealkylation sites (tertiary alicyclic amines) is 1. The van der Waals surface area contributed by atoms with Crippen molar-refractivity contribution < 1.29 is 18.0 Å². The summed E-state index contributed by atoms with van der Waals surface area (Å²) in [5.74, 6) is -2.01. The summed E-state index contributed by atoms with van der Waals surface area (Å²) in [6, 6.07) is 2.47. The zero-order valence-electron chi connectivity index (χ0n) is 16.9. The molecule has 0 bridgehead atoms. The Labute approximate surface area is 181 Å². The first kappa shape index (κ1) is 22.7. The fraction of sp³-hybridized carbons (Fsp3) is 0.400. The van der Waals surface area contributed by atoms with E-state index in [1.807, 2.05) is 0 Å². The van der Waals surface area contributed by atoms with Crippen LogP contribution in [0, 0.1) is 17.0 Å². The molecule has 2 unspecified atom stereocenters. The molecule has 1 aromatic heterocycles. The number of nitrogen functional groups attached to an aromatic ring is 1. The molecule has 1 aromatic carbocycles. The molecule has 2 aromatic rings. The number of nitrogens with one attached hydrogen (secondary N) is 2. The van der Waals surface area contributed by atoms with Crippen molar-refractivity contribution in [1.82, 2.24) is 15.2 Å². The Morgan fingerprint density at radius 1 is 1.42 bits per heavy atom. The first-order valence-electron chi connectivity index (χ1n) is 9.73. The summed E-state index contributed by atoms with van der Waals surface area (Å²) in [4.78, 5) is 22.7. The normalized spacial score (nSPS) is 18.4. The maximum atomic E-state index is 14.1. The second kappa shape index (κ2) is 9.90. The number of hydrogen-bond acceptors (Lipinski definition) is 6. The molecule has 1 aliphatic rings. The molecule has 7 nitrogen and oxygen atoms in total. The lowest BCUT2D eigenvalue weighted by atomic mass is 10.2. The number of anilines is 1. The summed E-state index contributed by atoms with van der Waals surface area (Å²) in [5.41, 5.74) is 5.32. The lowest BCUT2D eigenvalue weighted by Gasteiger charge is -2.29. The fourth-order valence-corrected chi connectivity index (χ4v) is 4.35. The highest BCUT2D eigenvalue weighted by molar-refractivity contribution is 7.19. The van der Waals surface area contributed by atoms with Crippen molar-refractivity contribution in [3.05, 3.63) is 35.5 Å². The molecule has 4 N–H and O–H groups in total. The highest BCUT2D eigenvalue weighted by Crippen LogP contribution is 2.33. The van der Waals surface area contributed by atoms with Crippen LogP contribution in [0.1, 0.15) is 29.8 Å². The SMILES string of the molecule is CN=C(C(C=N)NC(=O)c1nc(-c2c(F)cccc2F)sc1N)N1CCCCC(F)C1. The lowest BCUT2D eigenvalue weighted by Crippen LogP contribution is -2.50. The van der Waals surface area contributed by atoms with Crippen LogP contribution in [0.15, 0.2) is 23.2 Å². The quantitative estimate of drug-likeness (QED) is 0.478. The average molecular weight is 453 g/mol. The van der Waals surface area contributed by atoms with E-state index in [9.17, 15) is 18.0 Å². The van der Waals surface area contributed by atoms with E-state index in [-0.39, 0.29) is 27.8 Å². The van der Waals surface area contributed by atoms with E-state index in [0.717, 1.165) is 42.5 Å². The number of aliphatic imine (C=N–C) groups is 1. The number of amides is 1. The number of carbonyl (C=O) groups is 1. The van der Waals surface area contributed by atoms with Gasteiger partial charge in [0.15, 0.2) is 5.69 Å². The summed E-state index contributed by atoms with van der Waals surface area (Å²) >= 11 is 0.783. The number of halogens is 3. The smallest absolute Gasteiger partial charge is 0.273 e. The molecule has 2 heterocycles. The average Bonchev–Trinajstić information content (AvgIpc) is 2.97. The third kappa shape index (κ3) is 5.04. The van der Waals surface area contributed by atoms with Gasteiger partial charge in [-0.15, -0.1) is 0 Å². The molecule has 0 aliphatic carbocycles. The number of rotatable bonds is 5. The largest absolute Gasteiger partial charge is 0.389 e. The van der Waals surface area contributed by atoms with Crippen molar-refractivity contribution in [1.29, 1.82) is 5.41 Å². The van der Waals surface area contributed by atoms with Crippen molar-refractivity contribution in [2.75, 3.05) is 25.9 Å². The third-order valence-electron chi connectivity index (χ3n) is 4.94. The van der Waals surface area contributed by atoms with Crippen LogP contribution in [0.4, 0.5) is 18.2 Å². The van der Waals surface area contributed by atoms with Crippen LogP contribution in [-0.2, 0) is 0 Å². The maximum Gasteiger partial charge on any atom is 0.273 e. The predicted molar refractivity (Wildman–Crippen MR) is 116 cm³/mol. The summed E-state index contributed by atoms with van der Waals surface area (Å²) < 4.78 is 42.2. The highest BCUT2D eigenvalue weighted by atomic mass is 32.1. The molecule has 166 valence electrons. The number of nitrogens with zero attached hydrogens (tertiary/aromatic N) is 3. The van der Waals surface area contributed by atoms with Gasteiger partial charge < -0.3 is 21.4 Å². The molecule has 1 fully saturated rings. The number of hydrogen-bond donors (Lipinski definition) is 3. The molecule has 0 saturated carbocycles. The van der Waals surface area contributed by atoms with Crippen molar-refractivity contribution in [2.24, 2.45) is 4.99 Å². The Morgan fingerprint density at radius 2 is 2.13 bits per heavy atom. The zero-order valence-corrected chi connectivity index (χ0v) is 17.7. The second-order valence-corrected chi connectivity index (χ2v) is 8.10. The molecule has 1 saturated heterocycles. The van der Waals surface area contributed by atoms with Crippen molar-refractivity contribution >= 4 is 34.3 Å². The van der Waals surface area contributed by atoms with Crippen LogP contribution in [0.5, 0.6) is 0 Å². The first-order valence-corrected chi connectivity index (χ1v) is 10.5. The van der Waals surface area contributed by atoms with E-state index in [2.05, 4.69) is 15.3 Å². The maximum absolute atomic E-state index is 14.1. The number of aromatic nitrogens is 1. The van der Waals surface area contributed by atoms with E-state index < -0.39 is 29.8 Å². The molecular formula is C20H23F3N6OS. The molecule has 2 atom stereocenters. The van der Waals surface area contributed by atoms with Crippen LogP contribution in [0.25, 0.3) is 10.6 Å². The van der Waals surface area contributed by atoms with Gasteiger partial charge in [0.1, 0.15) is 39.7 Å². The van der Waals surface area contributed by atoms with E-state index in [1.165, 1.54) is 13.1 Å². The van der Waals surface area contributed by atoms with Crippen LogP contribution < -0.4 is 11.1 Å². The van der Waals surface area contributed by atoms with Crippen LogP contribution >= 0.6 is 11.3 Å². The monoisotopic (exact) mass is 452 g/mol. The van der Waals surface area contributed by atoms with Gasteiger partial charge in [0.05, 0.1) is 12.1 Å². The lowest BCUT2D eigenvalue weighted by molar-refractivity contribution is 0.0949. The standard InChI is InChI=1S/C20H23F3N6OS/c1-26-18(29-8-3-2-5-11(21)10-29)14(9-24)27-19(30)16-17(25)31-20(28-16)15-12(22)6-4-7-13(15)23/h4,6-7,9,11,14,24H,2-3,5,8,10,25H2,1H3,(H,27,30). The summed E-state index contributed by atoms with van der Waals surface area (Å²) in [6.45, 7) is 0.686. The van der Waals surface area contributed by atoms with E-state index in [1.54, 1.807) is 4.90 Å². The minimum absolute atomic E-state index is 0.0209. The van der Waals surface area contributed by atoms with Crippen LogP contribution in [0.3, 0.4) is 0 Å². The summed E-state index contributed by atoms with van der Waals surface area (Å²) in [6.07, 6.45) is 1.95. The molecular weight excluding hydrogens is 429 g/mol. The Bertz CT molecular complexity index is 975. The van der Waals surface area contributed by atoms with Crippen molar-refractivity contribution in [3.8, 4) is 10.6 Å². The minimum Gasteiger partial charge on any atom is -0.389 e. The van der Waals surface area contributed by atoms with Gasteiger partial charge in [-0.25, -0.2) is 18.2 Å². The van der Waals surface area contributed by atoms with Gasteiger partial charge in [-0.2, -0.15) is 0 Å². The van der Waals surface area contributed by atoms with Crippen LogP contribution in [0.2, 0.25) is 0 Å². The number of amidine groups is 1. The second-order valence-electron chi connectivity index (χ2n) is 7.07. The Morgan fingerprint density at radius 3 is 2.77 bits per heavy atom.